The molecule has 2 aliphatic rings. The van der Waals surface area contributed by atoms with Gasteiger partial charge in [0.2, 0.25) is 17.7 Å². The number of hydrogen-bond donors (Lipinski definition) is 2. The second-order valence-electron chi connectivity index (χ2n) is 9.12. The highest BCUT2D eigenvalue weighted by atomic mass is 35.5. The van der Waals surface area contributed by atoms with Crippen molar-refractivity contribution < 1.29 is 14.4 Å². The largest absolute Gasteiger partial charge is 0.347 e. The summed E-state index contributed by atoms with van der Waals surface area (Å²) < 4.78 is 0. The first-order valence-corrected chi connectivity index (χ1v) is 11.0. The highest BCUT2D eigenvalue weighted by Crippen LogP contribution is 2.33. The maximum absolute atomic E-state index is 13.0. The van der Waals surface area contributed by atoms with Gasteiger partial charge in [-0.1, -0.05) is 23.7 Å². The van der Waals surface area contributed by atoms with Crippen molar-refractivity contribution >= 4 is 35.0 Å². The van der Waals surface area contributed by atoms with Crippen LogP contribution in [0.25, 0.3) is 0 Å². The molecule has 170 valence electrons. The van der Waals surface area contributed by atoms with Gasteiger partial charge in [-0.2, -0.15) is 0 Å². The number of carbonyl (C=O) groups is 3. The van der Waals surface area contributed by atoms with E-state index in [0.717, 1.165) is 5.69 Å². The number of nitrogens with zero attached hydrogens (tertiary/aromatic N) is 3. The molecule has 3 amide bonds. The van der Waals surface area contributed by atoms with Crippen LogP contribution in [0.5, 0.6) is 0 Å². The van der Waals surface area contributed by atoms with E-state index in [2.05, 4.69) is 29.4 Å². The van der Waals surface area contributed by atoms with E-state index in [4.69, 9.17) is 11.6 Å². The van der Waals surface area contributed by atoms with Crippen LogP contribution in [0.3, 0.4) is 0 Å². The number of nitrogens with one attached hydrogen (secondary N) is 2. The minimum atomic E-state index is -0.293. The van der Waals surface area contributed by atoms with E-state index in [1.165, 1.54) is 4.90 Å². The monoisotopic (exact) mass is 449 g/mol. The highest BCUT2D eigenvalue weighted by molar-refractivity contribution is 6.33. The van der Waals surface area contributed by atoms with Crippen molar-refractivity contribution in [1.29, 1.82) is 0 Å². The first-order valence-electron chi connectivity index (χ1n) is 10.6. The number of benzene rings is 1. The molecule has 0 saturated carbocycles. The van der Waals surface area contributed by atoms with Crippen LogP contribution >= 0.6 is 11.6 Å². The number of amides is 3. The first-order chi connectivity index (χ1) is 14.6. The Morgan fingerprint density at radius 2 is 1.97 bits per heavy atom. The van der Waals surface area contributed by atoms with Crippen LogP contribution in [-0.4, -0.2) is 85.9 Å². The fourth-order valence-electron chi connectivity index (χ4n) is 4.35. The molecule has 0 spiro atoms. The Labute approximate surface area is 188 Å². The Bertz CT molecular complexity index is 844. The molecule has 3 rings (SSSR count). The Kier molecular flexibility index (Phi) is 7.24. The number of anilines is 1. The summed E-state index contributed by atoms with van der Waals surface area (Å²) in [5.41, 5.74) is 0.435. The van der Waals surface area contributed by atoms with E-state index >= 15 is 0 Å². The number of likely N-dealkylation sites (N-methyl/N-ethyl adjacent to an activating group) is 1. The summed E-state index contributed by atoms with van der Waals surface area (Å²) in [5, 5.41) is 6.64. The Hall–Kier alpha value is -2.16. The summed E-state index contributed by atoms with van der Waals surface area (Å²) in [5.74, 6) is -0.529. The molecule has 2 atom stereocenters. The Morgan fingerprint density at radius 3 is 2.65 bits per heavy atom. The van der Waals surface area contributed by atoms with Gasteiger partial charge in [0.05, 0.1) is 29.7 Å². The predicted molar refractivity (Wildman–Crippen MR) is 121 cm³/mol. The molecule has 0 bridgehead atoms. The molecule has 2 aliphatic heterocycles. The molecule has 0 radical (unpaired) electrons. The molecule has 0 unspecified atom stereocenters. The number of rotatable bonds is 5. The molecule has 1 aromatic carbocycles. The van der Waals surface area contributed by atoms with E-state index < -0.39 is 0 Å². The lowest BCUT2D eigenvalue weighted by Crippen LogP contribution is -2.67. The molecule has 1 aromatic rings. The van der Waals surface area contributed by atoms with E-state index in [1.807, 2.05) is 18.2 Å². The van der Waals surface area contributed by atoms with E-state index in [9.17, 15) is 14.4 Å². The maximum atomic E-state index is 13.0. The molecular formula is C22H32ClN5O3. The molecule has 2 fully saturated rings. The minimum absolute atomic E-state index is 0.00409. The lowest BCUT2D eigenvalue weighted by molar-refractivity contribution is -0.133. The predicted octanol–water partition coefficient (Wildman–Crippen LogP) is 0.950. The number of piperazine rings is 1. The summed E-state index contributed by atoms with van der Waals surface area (Å²) in [6.45, 7) is 6.27. The van der Waals surface area contributed by atoms with E-state index in [1.54, 1.807) is 25.1 Å². The molecule has 0 aliphatic carbocycles. The van der Waals surface area contributed by atoms with Crippen LogP contribution < -0.4 is 15.5 Å². The van der Waals surface area contributed by atoms with Gasteiger partial charge in [0.1, 0.15) is 0 Å². The fraction of sp³-hybridized carbons (Fsp3) is 0.591. The molecule has 2 N–H and O–H groups in total. The summed E-state index contributed by atoms with van der Waals surface area (Å²) >= 11 is 6.34. The molecule has 31 heavy (non-hydrogen) atoms. The quantitative estimate of drug-likeness (QED) is 0.699. The highest BCUT2D eigenvalue weighted by Gasteiger charge is 2.44. The standard InChI is InChI=1S/C22H32ClN5O3/c1-22(2)14-27(18-8-6-5-7-17(18)23)20(30)13-28(22)16-9-15(10-24-11-16)21(31)25-12-19(29)26(3)4/h5-8,15-16,24H,9-14H2,1-4H3,(H,25,31)/t15-,16+/m0/s1. The second-order valence-corrected chi connectivity index (χ2v) is 9.53. The first kappa shape index (κ1) is 23.5. The smallest absolute Gasteiger partial charge is 0.241 e. The summed E-state index contributed by atoms with van der Waals surface area (Å²) in [6, 6.07) is 7.43. The zero-order chi connectivity index (χ0) is 22.8. The molecule has 0 aromatic heterocycles. The van der Waals surface area contributed by atoms with E-state index in [-0.39, 0.29) is 48.3 Å². The van der Waals surface area contributed by atoms with Crippen LogP contribution in [0.1, 0.15) is 20.3 Å². The van der Waals surface area contributed by atoms with Crippen molar-refractivity contribution in [3.8, 4) is 0 Å². The fourth-order valence-corrected chi connectivity index (χ4v) is 4.58. The van der Waals surface area contributed by atoms with Gasteiger partial charge in [-0.3, -0.25) is 19.3 Å². The summed E-state index contributed by atoms with van der Waals surface area (Å²) in [7, 11) is 3.32. The van der Waals surface area contributed by atoms with Crippen LogP contribution in [0.4, 0.5) is 5.69 Å². The Morgan fingerprint density at radius 1 is 1.26 bits per heavy atom. The van der Waals surface area contributed by atoms with Gasteiger partial charge in [-0.25, -0.2) is 0 Å². The van der Waals surface area contributed by atoms with Gasteiger partial charge in [0.15, 0.2) is 0 Å². The lowest BCUT2D eigenvalue weighted by atomic mass is 9.88. The molecule has 2 saturated heterocycles. The number of para-hydroxylation sites is 1. The van der Waals surface area contributed by atoms with Gasteiger partial charge in [-0.05, 0) is 32.4 Å². The SMILES string of the molecule is CN(C)C(=O)CNC(=O)[C@@H]1CNC[C@H](N2CC(=O)N(c3ccccc3Cl)CC2(C)C)C1. The minimum Gasteiger partial charge on any atom is -0.347 e. The number of carbonyl (C=O) groups excluding carboxylic acids is 3. The third-order valence-electron chi connectivity index (χ3n) is 6.12. The van der Waals surface area contributed by atoms with Crippen molar-refractivity contribution in [2.45, 2.75) is 31.8 Å². The number of halogens is 1. The molecule has 2 heterocycles. The van der Waals surface area contributed by atoms with Gasteiger partial charge in [0.25, 0.3) is 0 Å². The zero-order valence-corrected chi connectivity index (χ0v) is 19.4. The second kappa shape index (κ2) is 9.54. The van der Waals surface area contributed by atoms with Gasteiger partial charge < -0.3 is 20.4 Å². The maximum Gasteiger partial charge on any atom is 0.241 e. The van der Waals surface area contributed by atoms with Crippen LogP contribution in [0.15, 0.2) is 24.3 Å². The molecular weight excluding hydrogens is 418 g/mol. The summed E-state index contributed by atoms with van der Waals surface area (Å²) in [6.07, 6.45) is 0.637. The van der Waals surface area contributed by atoms with Crippen molar-refractivity contribution in [2.24, 2.45) is 5.92 Å². The molecule has 8 nitrogen and oxygen atoms in total. The van der Waals surface area contributed by atoms with Crippen LogP contribution in [0.2, 0.25) is 5.02 Å². The van der Waals surface area contributed by atoms with Crippen molar-refractivity contribution in [3.63, 3.8) is 0 Å². The van der Waals surface area contributed by atoms with Crippen molar-refractivity contribution in [1.82, 2.24) is 20.4 Å². The zero-order valence-electron chi connectivity index (χ0n) is 18.7. The van der Waals surface area contributed by atoms with E-state index in [0.29, 0.717) is 31.1 Å². The van der Waals surface area contributed by atoms with Gasteiger partial charge >= 0.3 is 0 Å². The summed E-state index contributed by atoms with van der Waals surface area (Å²) in [4.78, 5) is 42.8. The Balaban J connectivity index is 1.67. The van der Waals surface area contributed by atoms with Gasteiger partial charge in [0, 0.05) is 45.3 Å². The van der Waals surface area contributed by atoms with Crippen LogP contribution in [0, 0.1) is 5.92 Å². The van der Waals surface area contributed by atoms with Crippen molar-refractivity contribution in [3.05, 3.63) is 29.3 Å². The third-order valence-corrected chi connectivity index (χ3v) is 6.44. The van der Waals surface area contributed by atoms with Crippen molar-refractivity contribution in [2.75, 3.05) is 51.7 Å². The average Bonchev–Trinajstić information content (AvgIpc) is 2.73. The number of piperidine rings is 1. The normalized spacial score (nSPS) is 24.0. The molecule has 9 heteroatoms. The number of hydrogen-bond acceptors (Lipinski definition) is 5. The topological polar surface area (TPSA) is 85.0 Å². The lowest BCUT2D eigenvalue weighted by Gasteiger charge is -2.51. The van der Waals surface area contributed by atoms with Crippen LogP contribution in [-0.2, 0) is 14.4 Å². The third kappa shape index (κ3) is 5.37. The average molecular weight is 450 g/mol. The van der Waals surface area contributed by atoms with Gasteiger partial charge in [-0.15, -0.1) is 0 Å².